The van der Waals surface area contributed by atoms with Crippen molar-refractivity contribution in [2.75, 3.05) is 7.05 Å². The summed E-state index contributed by atoms with van der Waals surface area (Å²) in [4.78, 5) is 27.0. The number of nitrogens with zero attached hydrogens (tertiary/aromatic N) is 1. The Morgan fingerprint density at radius 3 is 2.17 bits per heavy atom. The van der Waals surface area contributed by atoms with Gasteiger partial charge in [-0.2, -0.15) is 0 Å². The van der Waals surface area contributed by atoms with E-state index in [1.54, 1.807) is 54.6 Å². The van der Waals surface area contributed by atoms with Crippen LogP contribution in [0.3, 0.4) is 0 Å². The second kappa shape index (κ2) is 9.10. The Kier molecular flexibility index (Phi) is 6.34. The summed E-state index contributed by atoms with van der Waals surface area (Å²) >= 11 is 0. The third kappa shape index (κ3) is 5.04. The van der Waals surface area contributed by atoms with Gasteiger partial charge in [0.1, 0.15) is 17.7 Å². The molecule has 0 bridgehead atoms. The van der Waals surface area contributed by atoms with Crippen LogP contribution < -0.4 is 5.32 Å². The normalized spacial score (nSPS) is 11.6. The molecule has 0 aromatic heterocycles. The quantitative estimate of drug-likeness (QED) is 0.685. The van der Waals surface area contributed by atoms with Gasteiger partial charge >= 0.3 is 0 Å². The van der Waals surface area contributed by atoms with Crippen LogP contribution in [0.25, 0.3) is 0 Å². The molecule has 3 rings (SSSR count). The van der Waals surface area contributed by atoms with Gasteiger partial charge in [-0.25, -0.2) is 8.78 Å². The summed E-state index contributed by atoms with van der Waals surface area (Å²) in [5.74, 6) is -2.22. The van der Waals surface area contributed by atoms with Crippen molar-refractivity contribution in [2.45, 2.75) is 12.6 Å². The second-order valence-electron chi connectivity index (χ2n) is 6.61. The molecule has 0 saturated carbocycles. The van der Waals surface area contributed by atoms with Crippen molar-refractivity contribution >= 4 is 11.8 Å². The van der Waals surface area contributed by atoms with Gasteiger partial charge in [-0.3, -0.25) is 9.59 Å². The topological polar surface area (TPSA) is 49.4 Å². The predicted octanol–water partition coefficient (Wildman–Crippen LogP) is 4.09. The van der Waals surface area contributed by atoms with Gasteiger partial charge in [0.05, 0.1) is 0 Å². The molecule has 0 heterocycles. The summed E-state index contributed by atoms with van der Waals surface area (Å²) in [5, 5.41) is 2.76. The Morgan fingerprint density at radius 2 is 1.55 bits per heavy atom. The van der Waals surface area contributed by atoms with Gasteiger partial charge in [0.15, 0.2) is 0 Å². The summed E-state index contributed by atoms with van der Waals surface area (Å²) in [5.41, 5.74) is 1.21. The van der Waals surface area contributed by atoms with Crippen molar-refractivity contribution in [1.82, 2.24) is 10.2 Å². The number of nitrogens with one attached hydrogen (secondary N) is 1. The van der Waals surface area contributed by atoms with E-state index in [0.717, 1.165) is 12.1 Å². The van der Waals surface area contributed by atoms with Gasteiger partial charge in [-0.15, -0.1) is 0 Å². The summed E-state index contributed by atoms with van der Waals surface area (Å²) in [6.07, 6.45) is 0. The molecular formula is C23H20F2N2O2. The maximum absolute atomic E-state index is 14.0. The van der Waals surface area contributed by atoms with Crippen molar-refractivity contribution in [3.8, 4) is 0 Å². The van der Waals surface area contributed by atoms with Crippen LogP contribution in [-0.2, 0) is 11.3 Å². The van der Waals surface area contributed by atoms with Crippen molar-refractivity contribution in [2.24, 2.45) is 0 Å². The van der Waals surface area contributed by atoms with Gasteiger partial charge in [0.25, 0.3) is 5.91 Å². The van der Waals surface area contributed by atoms with Gasteiger partial charge in [0.2, 0.25) is 5.91 Å². The molecular weight excluding hydrogens is 374 g/mol. The number of hydrogen-bond acceptors (Lipinski definition) is 2. The maximum atomic E-state index is 14.0. The fourth-order valence-corrected chi connectivity index (χ4v) is 2.94. The van der Waals surface area contributed by atoms with E-state index in [4.69, 9.17) is 0 Å². The molecule has 6 heteroatoms. The molecule has 3 aromatic carbocycles. The summed E-state index contributed by atoms with van der Waals surface area (Å²) in [7, 11) is 1.51. The van der Waals surface area contributed by atoms with Gasteiger partial charge < -0.3 is 10.2 Å². The molecule has 0 unspecified atom stereocenters. The Morgan fingerprint density at radius 1 is 0.931 bits per heavy atom. The van der Waals surface area contributed by atoms with Crippen molar-refractivity contribution in [1.29, 1.82) is 0 Å². The van der Waals surface area contributed by atoms with E-state index in [2.05, 4.69) is 5.32 Å². The molecule has 4 nitrogen and oxygen atoms in total. The van der Waals surface area contributed by atoms with E-state index in [-0.39, 0.29) is 12.1 Å². The number of carbonyl (C=O) groups is 2. The highest BCUT2D eigenvalue weighted by molar-refractivity contribution is 5.97. The molecule has 0 radical (unpaired) electrons. The van der Waals surface area contributed by atoms with Gasteiger partial charge in [0, 0.05) is 30.8 Å². The molecule has 0 fully saturated rings. The molecule has 0 aliphatic rings. The molecule has 0 aliphatic heterocycles. The van der Waals surface area contributed by atoms with Crippen LogP contribution in [0.15, 0.2) is 78.9 Å². The highest BCUT2D eigenvalue weighted by Gasteiger charge is 2.26. The van der Waals surface area contributed by atoms with Crippen molar-refractivity contribution in [3.05, 3.63) is 107 Å². The first-order valence-corrected chi connectivity index (χ1v) is 9.05. The van der Waals surface area contributed by atoms with E-state index in [1.165, 1.54) is 18.0 Å². The van der Waals surface area contributed by atoms with Crippen LogP contribution in [0.4, 0.5) is 8.78 Å². The first kappa shape index (κ1) is 20.2. The lowest BCUT2D eigenvalue weighted by Crippen LogP contribution is -2.41. The summed E-state index contributed by atoms with van der Waals surface area (Å²) < 4.78 is 27.1. The first-order valence-electron chi connectivity index (χ1n) is 9.05. The van der Waals surface area contributed by atoms with Crippen LogP contribution in [0.1, 0.15) is 27.5 Å². The molecule has 29 heavy (non-hydrogen) atoms. The van der Waals surface area contributed by atoms with Gasteiger partial charge in [-0.05, 0) is 23.8 Å². The molecule has 0 spiro atoms. The van der Waals surface area contributed by atoms with Crippen LogP contribution in [-0.4, -0.2) is 23.8 Å². The minimum Gasteiger partial charge on any atom is -0.339 e. The van der Waals surface area contributed by atoms with Crippen LogP contribution in [0.2, 0.25) is 0 Å². The SMILES string of the molecule is CN(Cc1ccc(F)cc1F)C(=O)[C@@H](NC(=O)c1ccccc1)c1ccccc1. The molecule has 0 aliphatic carbocycles. The largest absolute Gasteiger partial charge is 0.339 e. The fraction of sp³-hybridized carbons (Fsp3) is 0.130. The van der Waals surface area contributed by atoms with Crippen LogP contribution in [0.5, 0.6) is 0 Å². The molecule has 0 saturated heterocycles. The number of likely N-dealkylation sites (N-methyl/N-ethyl adjacent to an activating group) is 1. The minimum atomic E-state index is -0.947. The average Bonchev–Trinajstić information content (AvgIpc) is 2.74. The zero-order valence-electron chi connectivity index (χ0n) is 15.8. The van der Waals surface area contributed by atoms with E-state index in [0.29, 0.717) is 11.1 Å². The lowest BCUT2D eigenvalue weighted by molar-refractivity contribution is -0.132. The molecule has 3 aromatic rings. The highest BCUT2D eigenvalue weighted by Crippen LogP contribution is 2.19. The summed E-state index contributed by atoms with van der Waals surface area (Å²) in [6, 6.07) is 19.7. The molecule has 1 atom stereocenters. The lowest BCUT2D eigenvalue weighted by atomic mass is 10.0. The average molecular weight is 394 g/mol. The first-order chi connectivity index (χ1) is 14.0. The van der Waals surface area contributed by atoms with E-state index in [9.17, 15) is 18.4 Å². The third-order valence-corrected chi connectivity index (χ3v) is 4.49. The number of hydrogen-bond donors (Lipinski definition) is 1. The maximum Gasteiger partial charge on any atom is 0.252 e. The third-order valence-electron chi connectivity index (χ3n) is 4.49. The Bertz CT molecular complexity index is 994. The van der Waals surface area contributed by atoms with Gasteiger partial charge in [-0.1, -0.05) is 54.6 Å². The number of carbonyl (C=O) groups excluding carboxylic acids is 2. The summed E-state index contributed by atoms with van der Waals surface area (Å²) in [6.45, 7) is -0.0600. The second-order valence-corrected chi connectivity index (χ2v) is 6.61. The Hall–Kier alpha value is -3.54. The Labute approximate surface area is 167 Å². The molecule has 148 valence electrons. The zero-order valence-corrected chi connectivity index (χ0v) is 15.8. The van der Waals surface area contributed by atoms with Crippen LogP contribution in [0, 0.1) is 11.6 Å². The highest BCUT2D eigenvalue weighted by atomic mass is 19.1. The number of rotatable bonds is 6. The lowest BCUT2D eigenvalue weighted by Gasteiger charge is -2.25. The number of benzene rings is 3. The minimum absolute atomic E-state index is 0.0600. The molecule has 2 amide bonds. The number of halogens is 2. The monoisotopic (exact) mass is 394 g/mol. The van der Waals surface area contributed by atoms with Crippen molar-refractivity contribution in [3.63, 3.8) is 0 Å². The zero-order chi connectivity index (χ0) is 20.8. The van der Waals surface area contributed by atoms with E-state index in [1.807, 2.05) is 6.07 Å². The molecule has 1 N–H and O–H groups in total. The standard InChI is InChI=1S/C23H20F2N2O2/c1-27(15-18-12-13-19(24)14-20(18)25)23(29)21(16-8-4-2-5-9-16)26-22(28)17-10-6-3-7-11-17/h2-14,21H,15H2,1H3,(H,26,28)/t21-/m0/s1. The number of amides is 2. The Balaban J connectivity index is 1.83. The smallest absolute Gasteiger partial charge is 0.252 e. The van der Waals surface area contributed by atoms with E-state index < -0.39 is 29.5 Å². The van der Waals surface area contributed by atoms with Crippen LogP contribution >= 0.6 is 0 Å². The fourth-order valence-electron chi connectivity index (χ4n) is 2.94. The van der Waals surface area contributed by atoms with Crippen molar-refractivity contribution < 1.29 is 18.4 Å². The van der Waals surface area contributed by atoms with E-state index >= 15 is 0 Å². The predicted molar refractivity (Wildman–Crippen MR) is 106 cm³/mol.